The van der Waals surface area contributed by atoms with Crippen molar-refractivity contribution in [2.24, 2.45) is 5.41 Å². The molecule has 0 unspecified atom stereocenters. The lowest BCUT2D eigenvalue weighted by Crippen LogP contribution is -2.19. The molecule has 0 aliphatic carbocycles. The van der Waals surface area contributed by atoms with Gasteiger partial charge in [0.15, 0.2) is 5.13 Å². The number of thioether (sulfide) groups is 1. The van der Waals surface area contributed by atoms with Crippen LogP contribution >= 0.6 is 23.1 Å². The fraction of sp³-hybridized carbons (Fsp3) is 0.261. The van der Waals surface area contributed by atoms with E-state index in [-0.39, 0.29) is 28.7 Å². The molecule has 10 heteroatoms. The van der Waals surface area contributed by atoms with Crippen molar-refractivity contribution in [3.05, 3.63) is 64.0 Å². The number of nitro benzene ring substituents is 1. The van der Waals surface area contributed by atoms with Crippen molar-refractivity contribution >= 4 is 51.4 Å². The van der Waals surface area contributed by atoms with E-state index in [9.17, 15) is 19.7 Å². The van der Waals surface area contributed by atoms with Crippen molar-refractivity contribution in [1.82, 2.24) is 4.98 Å². The van der Waals surface area contributed by atoms with Crippen molar-refractivity contribution in [3.63, 3.8) is 0 Å². The van der Waals surface area contributed by atoms with Crippen molar-refractivity contribution < 1.29 is 14.5 Å². The van der Waals surface area contributed by atoms with E-state index >= 15 is 0 Å². The van der Waals surface area contributed by atoms with Crippen molar-refractivity contribution in [3.8, 4) is 11.3 Å². The molecule has 3 rings (SSSR count). The van der Waals surface area contributed by atoms with E-state index in [4.69, 9.17) is 0 Å². The first-order chi connectivity index (χ1) is 15.6. The SMILES string of the molecule is CC(C)(C)CC(=O)Nc1ccc(SCC(=O)Nc2nc(-c3cccc([N+](=O)[O-])c3)cs2)cc1. The maximum Gasteiger partial charge on any atom is 0.270 e. The van der Waals surface area contributed by atoms with Crippen LogP contribution in [0.3, 0.4) is 0 Å². The van der Waals surface area contributed by atoms with E-state index in [0.717, 1.165) is 10.6 Å². The zero-order chi connectivity index (χ0) is 24.0. The van der Waals surface area contributed by atoms with E-state index in [2.05, 4.69) is 15.6 Å². The molecule has 0 aliphatic rings. The Hall–Kier alpha value is -3.24. The Bertz CT molecular complexity index is 1150. The Morgan fingerprint density at radius 3 is 2.48 bits per heavy atom. The van der Waals surface area contributed by atoms with Gasteiger partial charge in [0.05, 0.1) is 16.4 Å². The third-order valence-electron chi connectivity index (χ3n) is 4.30. The second-order valence-corrected chi connectivity index (χ2v) is 10.4. The minimum Gasteiger partial charge on any atom is -0.326 e. The number of benzene rings is 2. The van der Waals surface area contributed by atoms with E-state index < -0.39 is 4.92 Å². The molecule has 2 amide bonds. The molecule has 33 heavy (non-hydrogen) atoms. The minimum absolute atomic E-state index is 0.0118. The number of rotatable bonds is 8. The number of anilines is 2. The van der Waals surface area contributed by atoms with Crippen LogP contribution < -0.4 is 10.6 Å². The molecule has 3 aromatic rings. The van der Waals surface area contributed by atoms with Gasteiger partial charge in [0.1, 0.15) is 0 Å². The van der Waals surface area contributed by atoms with Crippen LogP contribution in [0.2, 0.25) is 0 Å². The molecule has 0 aliphatic heterocycles. The molecule has 0 saturated heterocycles. The first-order valence-electron chi connectivity index (χ1n) is 10.1. The summed E-state index contributed by atoms with van der Waals surface area (Å²) in [4.78, 5) is 40.1. The molecule has 1 aromatic heterocycles. The number of aromatic nitrogens is 1. The number of thiazole rings is 1. The molecular formula is C23H24N4O4S2. The van der Waals surface area contributed by atoms with Crippen LogP contribution in [0.25, 0.3) is 11.3 Å². The maximum atomic E-state index is 12.3. The highest BCUT2D eigenvalue weighted by molar-refractivity contribution is 8.00. The van der Waals surface area contributed by atoms with Crippen LogP contribution in [0, 0.1) is 15.5 Å². The van der Waals surface area contributed by atoms with Crippen LogP contribution in [-0.2, 0) is 9.59 Å². The second-order valence-electron chi connectivity index (χ2n) is 8.49. The topological polar surface area (TPSA) is 114 Å². The minimum atomic E-state index is -0.456. The predicted octanol–water partition coefficient (Wildman–Crippen LogP) is 5.82. The number of hydrogen-bond donors (Lipinski definition) is 2. The van der Waals surface area contributed by atoms with Gasteiger partial charge in [-0.2, -0.15) is 0 Å². The first kappa shape index (κ1) is 24.4. The largest absolute Gasteiger partial charge is 0.326 e. The number of carbonyl (C=O) groups is 2. The van der Waals surface area contributed by atoms with Crippen LogP contribution in [0.15, 0.2) is 58.8 Å². The van der Waals surface area contributed by atoms with Crippen molar-refractivity contribution in [1.29, 1.82) is 0 Å². The zero-order valence-corrected chi connectivity index (χ0v) is 20.1. The quantitative estimate of drug-likeness (QED) is 0.236. The Kier molecular flexibility index (Phi) is 7.83. The molecule has 0 fully saturated rings. The fourth-order valence-electron chi connectivity index (χ4n) is 2.87. The third kappa shape index (κ3) is 7.69. The predicted molar refractivity (Wildman–Crippen MR) is 133 cm³/mol. The van der Waals surface area contributed by atoms with E-state index in [1.165, 1.54) is 35.2 Å². The van der Waals surface area contributed by atoms with E-state index in [1.807, 2.05) is 45.0 Å². The second kappa shape index (κ2) is 10.6. The smallest absolute Gasteiger partial charge is 0.270 e. The van der Waals surface area contributed by atoms with Gasteiger partial charge in [0, 0.05) is 40.1 Å². The standard InChI is InChI=1S/C23H24N4O4S2/c1-23(2,3)12-20(28)24-16-7-9-18(10-8-16)32-14-21(29)26-22-25-19(13-33-22)15-5-4-6-17(11-15)27(30)31/h4-11,13H,12,14H2,1-3H3,(H,24,28)(H,25,26,29). The highest BCUT2D eigenvalue weighted by Crippen LogP contribution is 2.28. The number of carbonyl (C=O) groups excluding carboxylic acids is 2. The molecule has 2 aromatic carbocycles. The van der Waals surface area contributed by atoms with Crippen LogP contribution in [0.4, 0.5) is 16.5 Å². The molecule has 0 bridgehead atoms. The summed E-state index contributed by atoms with van der Waals surface area (Å²) in [7, 11) is 0. The number of non-ortho nitro benzene ring substituents is 1. The van der Waals surface area contributed by atoms with Crippen LogP contribution in [-0.4, -0.2) is 27.5 Å². The Morgan fingerprint density at radius 2 is 1.82 bits per heavy atom. The Morgan fingerprint density at radius 1 is 1.09 bits per heavy atom. The Balaban J connectivity index is 1.50. The summed E-state index contributed by atoms with van der Waals surface area (Å²) < 4.78 is 0. The van der Waals surface area contributed by atoms with Crippen molar-refractivity contribution in [2.75, 3.05) is 16.4 Å². The Labute approximate surface area is 200 Å². The molecule has 1 heterocycles. The van der Waals surface area contributed by atoms with E-state index in [1.54, 1.807) is 17.5 Å². The van der Waals surface area contributed by atoms with Gasteiger partial charge in [-0.25, -0.2) is 4.98 Å². The summed E-state index contributed by atoms with van der Waals surface area (Å²) in [6.45, 7) is 6.03. The zero-order valence-electron chi connectivity index (χ0n) is 18.5. The summed E-state index contributed by atoms with van der Waals surface area (Å²) >= 11 is 2.63. The monoisotopic (exact) mass is 484 g/mol. The molecule has 0 spiro atoms. The molecule has 8 nitrogen and oxygen atoms in total. The first-order valence-corrected chi connectivity index (χ1v) is 12.0. The molecular weight excluding hydrogens is 460 g/mol. The lowest BCUT2D eigenvalue weighted by Gasteiger charge is -2.17. The van der Waals surface area contributed by atoms with Crippen molar-refractivity contribution in [2.45, 2.75) is 32.1 Å². The fourth-order valence-corrected chi connectivity index (χ4v) is 4.30. The summed E-state index contributed by atoms with van der Waals surface area (Å²) in [5.74, 6) is -0.0424. The summed E-state index contributed by atoms with van der Waals surface area (Å²) in [6, 6.07) is 13.5. The van der Waals surface area contributed by atoms with Gasteiger partial charge < -0.3 is 10.6 Å². The van der Waals surface area contributed by atoms with Gasteiger partial charge in [-0.05, 0) is 29.7 Å². The third-order valence-corrected chi connectivity index (χ3v) is 6.07. The molecule has 0 radical (unpaired) electrons. The number of amides is 2. The summed E-state index contributed by atoms with van der Waals surface area (Å²) in [6.07, 6.45) is 0.434. The van der Waals surface area contributed by atoms with Gasteiger partial charge in [-0.1, -0.05) is 32.9 Å². The lowest BCUT2D eigenvalue weighted by atomic mass is 9.92. The van der Waals surface area contributed by atoms with Crippen LogP contribution in [0.5, 0.6) is 0 Å². The number of nitro groups is 1. The summed E-state index contributed by atoms with van der Waals surface area (Å²) in [5.41, 5.74) is 1.81. The number of hydrogen-bond acceptors (Lipinski definition) is 7. The number of nitrogens with zero attached hydrogens (tertiary/aromatic N) is 2. The van der Waals surface area contributed by atoms with Gasteiger partial charge in [0.2, 0.25) is 11.8 Å². The molecule has 2 N–H and O–H groups in total. The molecule has 0 saturated carbocycles. The van der Waals surface area contributed by atoms with Gasteiger partial charge in [0.25, 0.3) is 5.69 Å². The lowest BCUT2D eigenvalue weighted by molar-refractivity contribution is -0.384. The summed E-state index contributed by atoms with van der Waals surface area (Å²) in [5, 5.41) is 18.8. The normalized spacial score (nSPS) is 11.1. The maximum absolute atomic E-state index is 12.3. The van der Waals surface area contributed by atoms with Gasteiger partial charge >= 0.3 is 0 Å². The highest BCUT2D eigenvalue weighted by Gasteiger charge is 2.16. The molecule has 172 valence electrons. The van der Waals surface area contributed by atoms with Gasteiger partial charge in [-0.15, -0.1) is 23.1 Å². The van der Waals surface area contributed by atoms with Crippen LogP contribution in [0.1, 0.15) is 27.2 Å². The molecule has 0 atom stereocenters. The number of nitrogens with one attached hydrogen (secondary N) is 2. The average Bonchev–Trinajstić information content (AvgIpc) is 3.20. The van der Waals surface area contributed by atoms with Gasteiger partial charge in [-0.3, -0.25) is 19.7 Å². The highest BCUT2D eigenvalue weighted by atomic mass is 32.2. The van der Waals surface area contributed by atoms with E-state index in [0.29, 0.717) is 22.8 Å². The average molecular weight is 485 g/mol.